The van der Waals surface area contributed by atoms with E-state index in [1.165, 1.54) is 28.4 Å². The van der Waals surface area contributed by atoms with Crippen molar-refractivity contribution in [2.45, 2.75) is 101 Å². The van der Waals surface area contributed by atoms with Gasteiger partial charge in [0.25, 0.3) is 11.8 Å². The first-order chi connectivity index (χ1) is 38.2. The SMILES string of the molecule is CC(C)(C)OC(=O)Nc1nc(/C(=N/OC(c2ccccc2)(c2ccccc2)c2ccccc2)C(=O)NC2C(=O)N3C(C(=O)OC(c4ccccc4)c4ccccc4)=C(S/C=C/[C@@H]4COC(C)(C)N4C(=O)OC(C)(C)C)CS[C@H]23)cs1. The molecule has 3 atom stereocenters. The molecule has 2 saturated heterocycles. The fourth-order valence-electron chi connectivity index (χ4n) is 9.31. The second-order valence-electron chi connectivity index (χ2n) is 21.3. The van der Waals surface area contributed by atoms with Crippen LogP contribution in [-0.2, 0) is 43.8 Å². The Morgan fingerprint density at radius 2 is 1.30 bits per heavy atom. The van der Waals surface area contributed by atoms with Crippen LogP contribution in [0.25, 0.3) is 0 Å². The summed E-state index contributed by atoms with van der Waals surface area (Å²) in [4.78, 5) is 86.3. The summed E-state index contributed by atoms with van der Waals surface area (Å²) in [6, 6.07) is 45.4. The number of nitrogens with zero attached hydrogens (tertiary/aromatic N) is 4. The van der Waals surface area contributed by atoms with Crippen LogP contribution in [0.3, 0.4) is 0 Å². The number of carbonyl (C=O) groups excluding carboxylic acids is 5. The van der Waals surface area contributed by atoms with Crippen LogP contribution in [0.1, 0.15) is 95.0 Å². The summed E-state index contributed by atoms with van der Waals surface area (Å²) in [5.74, 6) is -1.93. The molecule has 3 aliphatic rings. The van der Waals surface area contributed by atoms with Gasteiger partial charge in [-0.05, 0) is 71.9 Å². The lowest BCUT2D eigenvalue weighted by molar-refractivity contribution is -0.154. The summed E-state index contributed by atoms with van der Waals surface area (Å²) in [6.07, 6.45) is -0.328. The third-order valence-electron chi connectivity index (χ3n) is 12.8. The van der Waals surface area contributed by atoms with Crippen LogP contribution < -0.4 is 10.6 Å². The zero-order valence-electron chi connectivity index (χ0n) is 45.5. The number of thiazole rings is 1. The van der Waals surface area contributed by atoms with Gasteiger partial charge in [-0.1, -0.05) is 175 Å². The Hall–Kier alpha value is -7.71. The van der Waals surface area contributed by atoms with Gasteiger partial charge in [-0.25, -0.2) is 19.4 Å². The molecular formula is C61H62N6O10S3. The van der Waals surface area contributed by atoms with Crippen molar-refractivity contribution < 1.29 is 47.8 Å². The molecule has 2 fully saturated rings. The number of anilines is 1. The highest BCUT2D eigenvalue weighted by atomic mass is 32.2. The minimum Gasteiger partial charge on any atom is -0.448 e. The monoisotopic (exact) mass is 1130 g/mol. The van der Waals surface area contributed by atoms with Gasteiger partial charge in [-0.15, -0.1) is 23.1 Å². The number of fused-ring (bicyclic) bond motifs is 1. The average molecular weight is 1140 g/mol. The molecule has 1 unspecified atom stereocenters. The van der Waals surface area contributed by atoms with Crippen molar-refractivity contribution in [3.8, 4) is 0 Å². The number of nitrogens with one attached hydrogen (secondary N) is 2. The van der Waals surface area contributed by atoms with Gasteiger partial charge in [-0.3, -0.25) is 24.7 Å². The van der Waals surface area contributed by atoms with Crippen molar-refractivity contribution in [3.05, 3.63) is 213 Å². The standard InChI is InChI=1S/C61H62N6O10S3/c1-58(2,3)75-56(71)64-55-62-45(37-80-55)47(65-77-61(41-28-18-11-19-29-41,42-30-20-12-21-31-42)43-32-22-13-23-33-43)51(68)63-48-52(69)66-49(54(70)74-50(39-24-14-9-15-25-39)40-26-16-10-17-27-40)46(38-79-53(48)66)78-35-34-44-36-73-60(7,8)67(44)57(72)76-59(4,5)6/h9-35,37,44,48,50,53H,36,38H2,1-8H3,(H,63,68)(H,62,64,71)/b35-34+,65-47-/t44-,48?,53-/m1/s1. The Kier molecular flexibility index (Phi) is 17.1. The van der Waals surface area contributed by atoms with Crippen molar-refractivity contribution in [2.75, 3.05) is 17.7 Å². The first kappa shape index (κ1) is 57.0. The van der Waals surface area contributed by atoms with E-state index < -0.39 is 76.1 Å². The predicted molar refractivity (Wildman–Crippen MR) is 310 cm³/mol. The van der Waals surface area contributed by atoms with Crippen LogP contribution in [0, 0.1) is 0 Å². The van der Waals surface area contributed by atoms with E-state index in [0.29, 0.717) is 32.7 Å². The number of rotatable bonds is 16. The molecule has 414 valence electrons. The number of esters is 1. The molecule has 5 aromatic carbocycles. The number of oxime groups is 1. The van der Waals surface area contributed by atoms with E-state index in [-0.39, 0.29) is 34.6 Å². The molecule has 6 aromatic rings. The Morgan fingerprint density at radius 3 is 1.82 bits per heavy atom. The number of benzene rings is 5. The zero-order valence-corrected chi connectivity index (χ0v) is 47.9. The number of thioether (sulfide) groups is 2. The van der Waals surface area contributed by atoms with E-state index in [4.69, 9.17) is 23.8 Å². The lowest BCUT2D eigenvalue weighted by Gasteiger charge is -2.49. The Balaban J connectivity index is 1.06. The van der Waals surface area contributed by atoms with Gasteiger partial charge in [0.2, 0.25) is 5.60 Å². The van der Waals surface area contributed by atoms with E-state index in [2.05, 4.69) is 20.8 Å². The third-order valence-corrected chi connectivity index (χ3v) is 16.0. The molecule has 0 spiro atoms. The van der Waals surface area contributed by atoms with E-state index >= 15 is 9.59 Å². The van der Waals surface area contributed by atoms with Crippen LogP contribution in [0.5, 0.6) is 0 Å². The van der Waals surface area contributed by atoms with Crippen LogP contribution in [0.2, 0.25) is 0 Å². The molecule has 1 aromatic heterocycles. The zero-order chi connectivity index (χ0) is 56.8. The minimum atomic E-state index is -1.42. The molecular weight excluding hydrogens is 1070 g/mol. The largest absolute Gasteiger partial charge is 0.448 e. The molecule has 3 aliphatic heterocycles. The highest BCUT2D eigenvalue weighted by molar-refractivity contribution is 8.08. The minimum absolute atomic E-state index is 0.00992. The Morgan fingerprint density at radius 1 is 0.775 bits per heavy atom. The van der Waals surface area contributed by atoms with E-state index in [1.807, 2.05) is 158 Å². The van der Waals surface area contributed by atoms with Crippen molar-refractivity contribution in [2.24, 2.45) is 5.16 Å². The maximum atomic E-state index is 15.1. The van der Waals surface area contributed by atoms with Crippen molar-refractivity contribution in [3.63, 3.8) is 0 Å². The molecule has 0 aliphatic carbocycles. The lowest BCUT2D eigenvalue weighted by atomic mass is 9.80. The van der Waals surface area contributed by atoms with Crippen molar-refractivity contribution >= 4 is 75.7 Å². The highest BCUT2D eigenvalue weighted by Gasteiger charge is 2.55. The van der Waals surface area contributed by atoms with Gasteiger partial charge in [0.15, 0.2) is 16.9 Å². The van der Waals surface area contributed by atoms with E-state index in [1.54, 1.807) is 71.1 Å². The van der Waals surface area contributed by atoms with Crippen molar-refractivity contribution in [1.82, 2.24) is 20.1 Å². The van der Waals surface area contributed by atoms with Gasteiger partial charge < -0.3 is 29.1 Å². The van der Waals surface area contributed by atoms with Crippen LogP contribution in [0.4, 0.5) is 14.7 Å². The summed E-state index contributed by atoms with van der Waals surface area (Å²) in [7, 11) is 0. The van der Waals surface area contributed by atoms with Crippen LogP contribution >= 0.6 is 34.9 Å². The van der Waals surface area contributed by atoms with E-state index in [0.717, 1.165) is 11.3 Å². The maximum Gasteiger partial charge on any atom is 0.413 e. The predicted octanol–water partition coefficient (Wildman–Crippen LogP) is 11.8. The van der Waals surface area contributed by atoms with Gasteiger partial charge >= 0.3 is 18.2 Å². The first-order valence-corrected chi connectivity index (χ1v) is 28.7. The first-order valence-electron chi connectivity index (χ1n) is 25.9. The molecule has 4 heterocycles. The number of hydrogen-bond acceptors (Lipinski definition) is 15. The second kappa shape index (κ2) is 23.9. The second-order valence-corrected chi connectivity index (χ2v) is 24.3. The smallest absolute Gasteiger partial charge is 0.413 e. The number of aromatic nitrogens is 1. The van der Waals surface area contributed by atoms with Gasteiger partial charge in [0.1, 0.15) is 39.7 Å². The fourth-order valence-corrected chi connectivity index (χ4v) is 12.4. The van der Waals surface area contributed by atoms with E-state index in [9.17, 15) is 14.4 Å². The van der Waals surface area contributed by atoms with Gasteiger partial charge in [0, 0.05) is 32.7 Å². The topological polar surface area (TPSA) is 187 Å². The van der Waals surface area contributed by atoms with Crippen molar-refractivity contribution in [1.29, 1.82) is 0 Å². The third kappa shape index (κ3) is 12.8. The molecule has 16 nitrogen and oxygen atoms in total. The Labute approximate surface area is 477 Å². The molecule has 0 bridgehead atoms. The summed E-state index contributed by atoms with van der Waals surface area (Å²) in [6.45, 7) is 14.4. The number of amides is 4. The molecule has 19 heteroatoms. The summed E-state index contributed by atoms with van der Waals surface area (Å²) in [5.41, 5.74) is -0.672. The molecule has 0 radical (unpaired) electrons. The van der Waals surface area contributed by atoms with Gasteiger partial charge in [-0.2, -0.15) is 0 Å². The quantitative estimate of drug-likeness (QED) is 0.0233. The molecule has 2 N–H and O–H groups in total. The lowest BCUT2D eigenvalue weighted by Crippen LogP contribution is -2.71. The maximum absolute atomic E-state index is 15.1. The molecule has 80 heavy (non-hydrogen) atoms. The normalized spacial score (nSPS) is 18.3. The summed E-state index contributed by atoms with van der Waals surface area (Å²) < 4.78 is 23.7. The molecule has 9 rings (SSSR count). The average Bonchev–Trinajstić information content (AvgIpc) is 4.08. The molecule has 0 saturated carbocycles. The van der Waals surface area contributed by atoms with Gasteiger partial charge in [0.05, 0.1) is 12.6 Å². The summed E-state index contributed by atoms with van der Waals surface area (Å²) in [5, 5.41) is 12.9. The number of β-lactam (4-membered cyclic amide) rings is 1. The fraction of sp³-hybridized carbons (Fsp3) is 0.295. The van der Waals surface area contributed by atoms with Crippen LogP contribution in [0.15, 0.2) is 184 Å². The highest BCUT2D eigenvalue weighted by Crippen LogP contribution is 2.46. The molecule has 4 amide bonds. The Bertz CT molecular complexity index is 3160. The number of carbonyl (C=O) groups is 5. The summed E-state index contributed by atoms with van der Waals surface area (Å²) >= 11 is 3.60. The number of ether oxygens (including phenoxy) is 4. The number of hydrogen-bond donors (Lipinski definition) is 2. The van der Waals surface area contributed by atoms with Crippen LogP contribution in [-0.4, -0.2) is 97.2 Å².